The van der Waals surface area contributed by atoms with Crippen LogP contribution in [-0.4, -0.2) is 22.1 Å². The predicted octanol–water partition coefficient (Wildman–Crippen LogP) is 1.86. The minimum atomic E-state index is -0.914. The van der Waals surface area contributed by atoms with Crippen molar-refractivity contribution in [1.29, 1.82) is 5.26 Å². The van der Waals surface area contributed by atoms with E-state index in [9.17, 15) is 4.79 Å². The van der Waals surface area contributed by atoms with E-state index in [0.29, 0.717) is 12.2 Å². The van der Waals surface area contributed by atoms with Gasteiger partial charge in [0, 0.05) is 0 Å². The standard InChI is InChI=1S/C12H15N3O2/c1-8(2)6-10(12(16)17)15-11-5-3-4-9(7-13)14-11/h3-5,8,10H,6H2,1-2H3,(H,14,15)(H,16,17). The van der Waals surface area contributed by atoms with Gasteiger partial charge in [-0.25, -0.2) is 9.78 Å². The number of anilines is 1. The van der Waals surface area contributed by atoms with Gasteiger partial charge >= 0.3 is 5.97 Å². The van der Waals surface area contributed by atoms with Crippen LogP contribution in [0.1, 0.15) is 26.0 Å². The van der Waals surface area contributed by atoms with E-state index in [1.54, 1.807) is 18.2 Å². The van der Waals surface area contributed by atoms with Crippen LogP contribution in [0.3, 0.4) is 0 Å². The van der Waals surface area contributed by atoms with Gasteiger partial charge in [0.2, 0.25) is 0 Å². The molecule has 0 spiro atoms. The lowest BCUT2D eigenvalue weighted by Gasteiger charge is -2.16. The van der Waals surface area contributed by atoms with Crippen LogP contribution in [0.5, 0.6) is 0 Å². The van der Waals surface area contributed by atoms with E-state index >= 15 is 0 Å². The second-order valence-corrected chi connectivity index (χ2v) is 4.18. The molecule has 5 nitrogen and oxygen atoms in total. The second kappa shape index (κ2) is 5.85. The van der Waals surface area contributed by atoms with Crippen LogP contribution < -0.4 is 5.32 Å². The van der Waals surface area contributed by atoms with Crippen molar-refractivity contribution in [2.24, 2.45) is 5.92 Å². The third kappa shape index (κ3) is 4.11. The average molecular weight is 233 g/mol. The average Bonchev–Trinajstić information content (AvgIpc) is 2.27. The Morgan fingerprint density at radius 1 is 1.59 bits per heavy atom. The van der Waals surface area contributed by atoms with Gasteiger partial charge in [-0.3, -0.25) is 0 Å². The molecule has 5 heteroatoms. The molecule has 0 amide bonds. The van der Waals surface area contributed by atoms with E-state index in [1.807, 2.05) is 19.9 Å². The van der Waals surface area contributed by atoms with Gasteiger partial charge < -0.3 is 10.4 Å². The van der Waals surface area contributed by atoms with Crippen LogP contribution in [0.2, 0.25) is 0 Å². The number of nitrogens with zero attached hydrogens (tertiary/aromatic N) is 2. The van der Waals surface area contributed by atoms with Gasteiger partial charge in [-0.2, -0.15) is 5.26 Å². The van der Waals surface area contributed by atoms with Gasteiger partial charge in [0.1, 0.15) is 23.6 Å². The number of rotatable bonds is 5. The molecule has 1 unspecified atom stereocenters. The molecule has 1 atom stereocenters. The molecule has 0 aliphatic heterocycles. The molecule has 0 saturated carbocycles. The minimum absolute atomic E-state index is 0.266. The van der Waals surface area contributed by atoms with Gasteiger partial charge in [0.25, 0.3) is 0 Å². The van der Waals surface area contributed by atoms with Crippen LogP contribution >= 0.6 is 0 Å². The largest absolute Gasteiger partial charge is 0.480 e. The molecule has 0 saturated heterocycles. The van der Waals surface area contributed by atoms with Gasteiger partial charge in [0.05, 0.1) is 0 Å². The molecule has 0 aromatic carbocycles. The molecule has 1 aromatic heterocycles. The van der Waals surface area contributed by atoms with E-state index in [4.69, 9.17) is 10.4 Å². The maximum atomic E-state index is 11.0. The molecule has 1 heterocycles. The van der Waals surface area contributed by atoms with Crippen molar-refractivity contribution in [2.45, 2.75) is 26.3 Å². The summed E-state index contributed by atoms with van der Waals surface area (Å²) in [5.41, 5.74) is 0.267. The molecule has 0 radical (unpaired) electrons. The highest BCUT2D eigenvalue weighted by Crippen LogP contribution is 2.11. The van der Waals surface area contributed by atoms with E-state index in [0.717, 1.165) is 0 Å². The number of hydrogen-bond donors (Lipinski definition) is 2. The zero-order chi connectivity index (χ0) is 12.8. The summed E-state index contributed by atoms with van der Waals surface area (Å²) in [6, 6.07) is 6.12. The summed E-state index contributed by atoms with van der Waals surface area (Å²) < 4.78 is 0. The van der Waals surface area contributed by atoms with Crippen LogP contribution in [0.15, 0.2) is 18.2 Å². The van der Waals surface area contributed by atoms with Gasteiger partial charge in [-0.05, 0) is 24.5 Å². The van der Waals surface area contributed by atoms with Gasteiger partial charge in [-0.1, -0.05) is 19.9 Å². The summed E-state index contributed by atoms with van der Waals surface area (Å²) in [7, 11) is 0. The Morgan fingerprint density at radius 2 is 2.29 bits per heavy atom. The Morgan fingerprint density at radius 3 is 2.82 bits per heavy atom. The van der Waals surface area contributed by atoms with Crippen molar-refractivity contribution in [1.82, 2.24) is 4.98 Å². The first-order chi connectivity index (χ1) is 8.02. The number of hydrogen-bond acceptors (Lipinski definition) is 4. The molecular formula is C12H15N3O2. The topological polar surface area (TPSA) is 86.0 Å². The molecule has 90 valence electrons. The fourth-order valence-corrected chi connectivity index (χ4v) is 1.45. The van der Waals surface area contributed by atoms with E-state index < -0.39 is 12.0 Å². The number of nitriles is 1. The maximum absolute atomic E-state index is 11.0. The maximum Gasteiger partial charge on any atom is 0.326 e. The van der Waals surface area contributed by atoms with Crippen molar-refractivity contribution in [3.63, 3.8) is 0 Å². The predicted molar refractivity (Wildman–Crippen MR) is 63.5 cm³/mol. The highest BCUT2D eigenvalue weighted by Gasteiger charge is 2.18. The lowest BCUT2D eigenvalue weighted by molar-refractivity contribution is -0.138. The summed E-state index contributed by atoms with van der Waals surface area (Å²) in [5, 5.41) is 20.6. The quantitative estimate of drug-likeness (QED) is 0.810. The van der Waals surface area contributed by atoms with Crippen LogP contribution in [0.25, 0.3) is 0 Å². The third-order valence-electron chi connectivity index (χ3n) is 2.19. The zero-order valence-corrected chi connectivity index (χ0v) is 9.84. The van der Waals surface area contributed by atoms with Gasteiger partial charge in [0.15, 0.2) is 0 Å². The molecule has 0 aliphatic rings. The fourth-order valence-electron chi connectivity index (χ4n) is 1.45. The van der Waals surface area contributed by atoms with Crippen molar-refractivity contribution in [3.05, 3.63) is 23.9 Å². The fraction of sp³-hybridized carbons (Fsp3) is 0.417. The Hall–Kier alpha value is -2.09. The smallest absolute Gasteiger partial charge is 0.326 e. The summed E-state index contributed by atoms with van der Waals surface area (Å²) >= 11 is 0. The third-order valence-corrected chi connectivity index (χ3v) is 2.19. The number of carboxylic acids is 1. The molecule has 0 fully saturated rings. The molecule has 17 heavy (non-hydrogen) atoms. The van der Waals surface area contributed by atoms with Gasteiger partial charge in [-0.15, -0.1) is 0 Å². The lowest BCUT2D eigenvalue weighted by atomic mass is 10.0. The highest BCUT2D eigenvalue weighted by atomic mass is 16.4. The van der Waals surface area contributed by atoms with E-state index in [2.05, 4.69) is 10.3 Å². The Kier molecular flexibility index (Phi) is 4.46. The first kappa shape index (κ1) is 13.0. The Bertz CT molecular complexity index is 438. The number of aliphatic carboxylic acids is 1. The normalized spacial score (nSPS) is 11.9. The van der Waals surface area contributed by atoms with E-state index in [1.165, 1.54) is 0 Å². The van der Waals surface area contributed by atoms with Crippen molar-refractivity contribution < 1.29 is 9.90 Å². The van der Waals surface area contributed by atoms with Crippen molar-refractivity contribution >= 4 is 11.8 Å². The second-order valence-electron chi connectivity index (χ2n) is 4.18. The number of carboxylic acid groups (broad SMARTS) is 1. The SMILES string of the molecule is CC(C)CC(Nc1cccc(C#N)n1)C(=O)O. The first-order valence-electron chi connectivity index (χ1n) is 5.39. The molecule has 0 bridgehead atoms. The number of aromatic nitrogens is 1. The summed E-state index contributed by atoms with van der Waals surface area (Å²) in [4.78, 5) is 15.0. The summed E-state index contributed by atoms with van der Waals surface area (Å²) in [5.74, 6) is -0.234. The number of carbonyl (C=O) groups is 1. The molecule has 2 N–H and O–H groups in total. The Balaban J connectivity index is 2.79. The van der Waals surface area contributed by atoms with Crippen LogP contribution in [-0.2, 0) is 4.79 Å². The summed E-state index contributed by atoms with van der Waals surface area (Å²) in [6.45, 7) is 3.91. The molecular weight excluding hydrogens is 218 g/mol. The zero-order valence-electron chi connectivity index (χ0n) is 9.84. The van der Waals surface area contributed by atoms with Crippen LogP contribution in [0.4, 0.5) is 5.82 Å². The van der Waals surface area contributed by atoms with E-state index in [-0.39, 0.29) is 11.6 Å². The molecule has 1 aromatic rings. The number of pyridine rings is 1. The lowest BCUT2D eigenvalue weighted by Crippen LogP contribution is -2.31. The highest BCUT2D eigenvalue weighted by molar-refractivity contribution is 5.76. The molecule has 0 aliphatic carbocycles. The molecule has 1 rings (SSSR count). The Labute approximate surface area is 100 Å². The summed E-state index contributed by atoms with van der Waals surface area (Å²) in [6.07, 6.45) is 0.508. The van der Waals surface area contributed by atoms with Crippen LogP contribution in [0, 0.1) is 17.2 Å². The van der Waals surface area contributed by atoms with Crippen molar-refractivity contribution in [2.75, 3.05) is 5.32 Å². The van der Waals surface area contributed by atoms with Crippen molar-refractivity contribution in [3.8, 4) is 6.07 Å². The minimum Gasteiger partial charge on any atom is -0.480 e. The number of nitrogens with one attached hydrogen (secondary N) is 1. The first-order valence-corrected chi connectivity index (χ1v) is 5.39. The monoisotopic (exact) mass is 233 g/mol.